The number of nitrogens with one attached hydrogen (secondary N) is 2. The number of hydrogen-bond acceptors (Lipinski definition) is 9. The van der Waals surface area contributed by atoms with E-state index in [1.807, 2.05) is 66.7 Å². The molecule has 16 heteroatoms. The van der Waals surface area contributed by atoms with Gasteiger partial charge in [0, 0.05) is 47.0 Å². The molecule has 12 nitrogen and oxygen atoms in total. The van der Waals surface area contributed by atoms with E-state index < -0.39 is 26.0 Å². The van der Waals surface area contributed by atoms with E-state index in [-0.39, 0.29) is 54.7 Å². The van der Waals surface area contributed by atoms with Crippen molar-refractivity contribution in [1.82, 2.24) is 19.0 Å². The molecular formula is C36H35Cl2N5O7S2. The maximum absolute atomic E-state index is 13.4. The predicted molar refractivity (Wildman–Crippen MR) is 201 cm³/mol. The molecule has 1 aromatic heterocycles. The number of anilines is 1. The van der Waals surface area contributed by atoms with Crippen LogP contribution >= 0.6 is 23.2 Å². The minimum absolute atomic E-state index is 0.00440. The van der Waals surface area contributed by atoms with Gasteiger partial charge in [0.05, 0.1) is 22.2 Å². The molecule has 4 aromatic carbocycles. The highest BCUT2D eigenvalue weighted by Crippen LogP contribution is 2.36. The number of rotatable bonds is 13. The van der Waals surface area contributed by atoms with Gasteiger partial charge in [-0.15, -0.1) is 0 Å². The van der Waals surface area contributed by atoms with Crippen LogP contribution in [0, 0.1) is 0 Å². The second-order valence-electron chi connectivity index (χ2n) is 12.3. The largest absolute Gasteiger partial charge is 0.478 e. The van der Waals surface area contributed by atoms with Crippen LogP contribution in [0.5, 0.6) is 6.01 Å². The molecule has 0 unspecified atom stereocenters. The minimum Gasteiger partial charge on any atom is -0.478 e. The van der Waals surface area contributed by atoms with E-state index in [9.17, 15) is 26.7 Å². The lowest BCUT2D eigenvalue weighted by atomic mass is 9.84. The van der Waals surface area contributed by atoms with Crippen molar-refractivity contribution < 1.29 is 31.5 Å². The molecule has 1 fully saturated rings. The predicted octanol–water partition coefficient (Wildman–Crippen LogP) is 6.01. The molecule has 2 heterocycles. The van der Waals surface area contributed by atoms with Gasteiger partial charge in [0.15, 0.2) is 0 Å². The fourth-order valence-electron chi connectivity index (χ4n) is 6.09. The van der Waals surface area contributed by atoms with Gasteiger partial charge < -0.3 is 15.2 Å². The van der Waals surface area contributed by atoms with E-state index in [0.717, 1.165) is 22.9 Å². The second kappa shape index (κ2) is 15.7. The molecule has 0 bridgehead atoms. The Hall–Kier alpha value is -4.31. The molecule has 3 N–H and O–H groups in total. The molecule has 1 aliphatic rings. The number of hydrogen-bond donors (Lipinski definition) is 3. The number of sulfonamides is 2. The third kappa shape index (κ3) is 9.00. The Morgan fingerprint density at radius 3 is 2.00 bits per heavy atom. The van der Waals surface area contributed by atoms with E-state index in [1.54, 1.807) is 0 Å². The number of halogens is 2. The van der Waals surface area contributed by atoms with Gasteiger partial charge in [-0.3, -0.25) is 0 Å². The van der Waals surface area contributed by atoms with Crippen LogP contribution in [0.2, 0.25) is 10.0 Å². The Balaban J connectivity index is 1.30. The Kier molecular flexibility index (Phi) is 11.3. The molecule has 1 saturated heterocycles. The zero-order chi connectivity index (χ0) is 37.0. The van der Waals surface area contributed by atoms with E-state index >= 15 is 0 Å². The van der Waals surface area contributed by atoms with Crippen molar-refractivity contribution in [3.05, 3.63) is 123 Å². The summed E-state index contributed by atoms with van der Waals surface area (Å²) in [7, 11) is -7.25. The zero-order valence-corrected chi connectivity index (χ0v) is 31.0. The summed E-state index contributed by atoms with van der Waals surface area (Å²) in [5, 5.41) is 14.6. The van der Waals surface area contributed by atoms with Gasteiger partial charge in [0.1, 0.15) is 12.4 Å². The fourth-order valence-corrected chi connectivity index (χ4v) is 8.26. The van der Waals surface area contributed by atoms with Crippen LogP contribution in [0.4, 0.5) is 5.82 Å². The van der Waals surface area contributed by atoms with E-state index in [0.29, 0.717) is 39.6 Å². The van der Waals surface area contributed by atoms with Gasteiger partial charge in [-0.2, -0.15) is 14.3 Å². The van der Waals surface area contributed by atoms with Gasteiger partial charge in [0.2, 0.25) is 20.0 Å². The Morgan fingerprint density at radius 2 is 1.44 bits per heavy atom. The van der Waals surface area contributed by atoms with Gasteiger partial charge >= 0.3 is 12.0 Å². The number of carbonyl (C=O) groups is 1. The summed E-state index contributed by atoms with van der Waals surface area (Å²) in [5.41, 5.74) is 3.55. The van der Waals surface area contributed by atoms with Crippen molar-refractivity contribution in [2.45, 2.75) is 29.7 Å². The molecule has 0 radical (unpaired) electrons. The molecule has 0 aliphatic carbocycles. The number of fused-ring (bicyclic) bond motifs is 1. The lowest BCUT2D eigenvalue weighted by molar-refractivity contribution is 0.0696. The summed E-state index contributed by atoms with van der Waals surface area (Å²) >= 11 is 12.5. The van der Waals surface area contributed by atoms with E-state index in [1.165, 1.54) is 28.6 Å². The lowest BCUT2D eigenvalue weighted by Gasteiger charge is -2.32. The number of nitrogens with zero attached hydrogens (tertiary/aromatic N) is 3. The molecule has 5 aromatic rings. The third-order valence-corrected chi connectivity index (χ3v) is 11.8. The molecule has 52 heavy (non-hydrogen) atoms. The smallest absolute Gasteiger partial charge is 0.335 e. The molecule has 0 atom stereocenters. The number of piperidine rings is 1. The van der Waals surface area contributed by atoms with Crippen molar-refractivity contribution >= 4 is 65.9 Å². The first-order valence-corrected chi connectivity index (χ1v) is 20.4. The monoisotopic (exact) mass is 783 g/mol. The first kappa shape index (κ1) is 37.4. The highest BCUT2D eigenvalue weighted by Gasteiger charge is 2.30. The third-order valence-electron chi connectivity index (χ3n) is 8.67. The Morgan fingerprint density at radius 1 is 0.865 bits per heavy atom. The molecule has 0 amide bonds. The summed E-state index contributed by atoms with van der Waals surface area (Å²) in [5.74, 6) is -0.845. The van der Waals surface area contributed by atoms with Gasteiger partial charge in [-0.1, -0.05) is 53.5 Å². The summed E-state index contributed by atoms with van der Waals surface area (Å²) in [6.07, 6.45) is 1.99. The molecule has 6 rings (SSSR count). The average molecular weight is 785 g/mol. The number of aromatic nitrogens is 2. The first-order chi connectivity index (χ1) is 24.8. The topological polar surface area (TPSA) is 168 Å². The van der Waals surface area contributed by atoms with Crippen molar-refractivity contribution in [3.63, 3.8) is 0 Å². The van der Waals surface area contributed by atoms with Crippen molar-refractivity contribution in [2.24, 2.45) is 0 Å². The fraction of sp³-hybridized carbons (Fsp3) is 0.250. The van der Waals surface area contributed by atoms with Crippen LogP contribution in [0.25, 0.3) is 10.9 Å². The van der Waals surface area contributed by atoms with Gasteiger partial charge in [-0.25, -0.2) is 26.4 Å². The number of carboxylic acid groups (broad SMARTS) is 1. The summed E-state index contributed by atoms with van der Waals surface area (Å²) in [4.78, 5) is 20.6. The standard InChI is InChI=1S/C36H35Cl2N5O7S2/c1-51(46,47)39-18-21-50-36-41-32-15-8-26(33(23-2-9-27(37)10-3-23)24-4-11-28(38)12-5-24)22-31(32)34(42-36)40-29-16-19-43(20-17-29)52(48,49)30-13-6-25(7-14-30)35(44)45/h2-15,22,29,33,39H,16-21H2,1H3,(H,44,45)(H,40,41,42). The molecule has 0 saturated carbocycles. The van der Waals surface area contributed by atoms with Crippen LogP contribution in [0.3, 0.4) is 0 Å². The SMILES string of the molecule is CS(=O)(=O)NCCOc1nc(NC2CCN(S(=O)(=O)c3ccc(C(=O)O)cc3)CC2)c2cc(C(c3ccc(Cl)cc3)c3ccc(Cl)cc3)ccc2n1. The number of benzene rings is 4. The maximum Gasteiger partial charge on any atom is 0.335 e. The second-order valence-corrected chi connectivity index (χ2v) is 17.0. The molecule has 272 valence electrons. The molecule has 0 spiro atoms. The quantitative estimate of drug-likeness (QED) is 0.0951. The normalized spacial score (nSPS) is 14.5. The van der Waals surface area contributed by atoms with Crippen molar-refractivity contribution in [3.8, 4) is 6.01 Å². The lowest BCUT2D eigenvalue weighted by Crippen LogP contribution is -2.42. The number of aromatic carboxylic acids is 1. The summed E-state index contributed by atoms with van der Waals surface area (Å²) in [6, 6.07) is 26.2. The van der Waals surface area contributed by atoms with Crippen molar-refractivity contribution in [1.29, 1.82) is 0 Å². The van der Waals surface area contributed by atoms with E-state index in [4.69, 9.17) is 32.9 Å². The number of carboxylic acids is 1. The Bertz CT molecular complexity index is 2240. The van der Waals surface area contributed by atoms with Crippen LogP contribution in [-0.2, 0) is 20.0 Å². The summed E-state index contributed by atoms with van der Waals surface area (Å²) < 4.78 is 59.4. The van der Waals surface area contributed by atoms with Crippen LogP contribution in [0.1, 0.15) is 45.8 Å². The van der Waals surface area contributed by atoms with Crippen LogP contribution in [-0.4, -0.2) is 80.7 Å². The highest BCUT2D eigenvalue weighted by atomic mass is 35.5. The average Bonchev–Trinajstić information content (AvgIpc) is 3.12. The van der Waals surface area contributed by atoms with Crippen LogP contribution < -0.4 is 14.8 Å². The highest BCUT2D eigenvalue weighted by molar-refractivity contribution is 7.89. The first-order valence-electron chi connectivity index (χ1n) is 16.3. The van der Waals surface area contributed by atoms with Crippen LogP contribution in [0.15, 0.2) is 95.9 Å². The van der Waals surface area contributed by atoms with Gasteiger partial charge in [0.25, 0.3) is 0 Å². The van der Waals surface area contributed by atoms with Gasteiger partial charge in [-0.05, 0) is 90.2 Å². The van der Waals surface area contributed by atoms with E-state index in [2.05, 4.69) is 15.0 Å². The zero-order valence-electron chi connectivity index (χ0n) is 27.9. The number of ether oxygens (including phenoxy) is 1. The summed E-state index contributed by atoms with van der Waals surface area (Å²) in [6.45, 7) is 0.474. The van der Waals surface area contributed by atoms with Crippen molar-refractivity contribution in [2.75, 3.05) is 37.8 Å². The molecular weight excluding hydrogens is 749 g/mol. The minimum atomic E-state index is -3.84. The maximum atomic E-state index is 13.4. The molecule has 1 aliphatic heterocycles. The Labute approximate surface area is 311 Å².